The van der Waals surface area contributed by atoms with Crippen LogP contribution >= 0.6 is 0 Å². The fourth-order valence-corrected chi connectivity index (χ4v) is 3.97. The van der Waals surface area contributed by atoms with E-state index in [1.807, 2.05) is 0 Å². The molecule has 3 aromatic rings. The maximum absolute atomic E-state index is 13.3. The summed E-state index contributed by atoms with van der Waals surface area (Å²) in [6.07, 6.45) is 3.77. The van der Waals surface area contributed by atoms with Gasteiger partial charge in [-0.05, 0) is 31.4 Å². The number of fused-ring (bicyclic) bond motifs is 1. The van der Waals surface area contributed by atoms with Gasteiger partial charge in [-0.1, -0.05) is 0 Å². The number of hydrogen-bond acceptors (Lipinski definition) is 7. The molecular formula is C21H24FN7O3. The van der Waals surface area contributed by atoms with Gasteiger partial charge in [-0.2, -0.15) is 9.61 Å². The Kier molecular flexibility index (Phi) is 5.04. The lowest BCUT2D eigenvalue weighted by Gasteiger charge is -2.31. The van der Waals surface area contributed by atoms with Crippen LogP contribution in [-0.2, 0) is 4.74 Å². The lowest BCUT2D eigenvalue weighted by Crippen LogP contribution is -2.35. The number of aromatic nitrogens is 4. The van der Waals surface area contributed by atoms with Crippen LogP contribution in [0.2, 0.25) is 0 Å². The topological polar surface area (TPSA) is 115 Å². The monoisotopic (exact) mass is 441 g/mol. The second-order valence-electron chi connectivity index (χ2n) is 8.14. The molecule has 5 rings (SSSR count). The Bertz CT molecular complexity index is 1230. The van der Waals surface area contributed by atoms with Gasteiger partial charge in [-0.3, -0.25) is 9.59 Å². The van der Waals surface area contributed by atoms with Crippen LogP contribution in [0.3, 0.4) is 0 Å². The van der Waals surface area contributed by atoms with E-state index in [0.29, 0.717) is 41.4 Å². The minimum atomic E-state index is -0.855. The van der Waals surface area contributed by atoms with Crippen LogP contribution in [0.5, 0.6) is 0 Å². The number of carbonyl (C=O) groups excluding carboxylic acids is 1. The molecule has 0 radical (unpaired) electrons. The molecule has 0 aromatic carbocycles. The van der Waals surface area contributed by atoms with Crippen molar-refractivity contribution in [3.05, 3.63) is 46.5 Å². The maximum Gasteiger partial charge on any atom is 0.274 e. The van der Waals surface area contributed by atoms with Gasteiger partial charge < -0.3 is 25.3 Å². The highest BCUT2D eigenvalue weighted by atomic mass is 19.1. The molecular weight excluding hydrogens is 417 g/mol. The number of alkyl halides is 1. The molecule has 0 saturated heterocycles. The van der Waals surface area contributed by atoms with Crippen molar-refractivity contribution < 1.29 is 13.9 Å². The number of nitrogens with zero attached hydrogens (tertiary/aromatic N) is 4. The van der Waals surface area contributed by atoms with Crippen LogP contribution in [0.4, 0.5) is 21.7 Å². The molecule has 1 amide bonds. The number of amides is 1. The number of anilines is 3. The molecule has 0 aliphatic heterocycles. The van der Waals surface area contributed by atoms with Gasteiger partial charge in [0.25, 0.3) is 11.5 Å². The second kappa shape index (κ2) is 7.90. The summed E-state index contributed by atoms with van der Waals surface area (Å²) >= 11 is 0. The normalized spacial score (nSPS) is 24.1. The molecule has 2 aliphatic carbocycles. The molecule has 2 aliphatic rings. The summed E-state index contributed by atoms with van der Waals surface area (Å²) in [7, 11) is 3.34. The highest BCUT2D eigenvalue weighted by molar-refractivity contribution is 6.00. The lowest BCUT2D eigenvalue weighted by molar-refractivity contribution is 0.0936. The zero-order valence-electron chi connectivity index (χ0n) is 17.7. The van der Waals surface area contributed by atoms with Crippen molar-refractivity contribution >= 4 is 28.9 Å². The van der Waals surface area contributed by atoms with Crippen LogP contribution in [0.25, 0.3) is 5.65 Å². The molecule has 10 nitrogen and oxygen atoms in total. The van der Waals surface area contributed by atoms with Crippen molar-refractivity contribution in [1.82, 2.24) is 24.5 Å². The summed E-state index contributed by atoms with van der Waals surface area (Å²) in [5.74, 6) is 0.682. The Morgan fingerprint density at radius 3 is 2.81 bits per heavy atom. The highest BCUT2D eigenvalue weighted by Gasteiger charge is 2.39. The van der Waals surface area contributed by atoms with Gasteiger partial charge in [0, 0.05) is 32.5 Å². The molecule has 2 fully saturated rings. The zero-order valence-corrected chi connectivity index (χ0v) is 17.7. The molecule has 0 bridgehead atoms. The summed E-state index contributed by atoms with van der Waals surface area (Å²) in [5.41, 5.74) is 0.742. The van der Waals surface area contributed by atoms with Gasteiger partial charge in [0.1, 0.15) is 29.1 Å². The SMILES string of the molecule is CNc1cc(Nc2cccn([C@H]3C[C@H](F)C3)c2=O)nc2c(C(=O)N[C@H]3C[C@@H]3OC)cnn12. The van der Waals surface area contributed by atoms with Crippen LogP contribution in [0.1, 0.15) is 35.7 Å². The summed E-state index contributed by atoms with van der Waals surface area (Å²) in [6, 6.07) is 4.93. The predicted octanol–water partition coefficient (Wildman–Crippen LogP) is 1.87. The Hall–Kier alpha value is -3.47. The Labute approximate surface area is 182 Å². The van der Waals surface area contributed by atoms with Crippen molar-refractivity contribution in [3.8, 4) is 0 Å². The zero-order chi connectivity index (χ0) is 22.4. The summed E-state index contributed by atoms with van der Waals surface area (Å²) in [6.45, 7) is 0. The minimum absolute atomic E-state index is 0.0225. The van der Waals surface area contributed by atoms with Gasteiger partial charge in [-0.15, -0.1) is 0 Å². The van der Waals surface area contributed by atoms with Crippen molar-refractivity contribution in [3.63, 3.8) is 0 Å². The number of rotatable bonds is 7. The number of carbonyl (C=O) groups is 1. The molecule has 168 valence electrons. The van der Waals surface area contributed by atoms with Gasteiger partial charge in [0.15, 0.2) is 5.65 Å². The van der Waals surface area contributed by atoms with Crippen LogP contribution in [-0.4, -0.2) is 57.5 Å². The van der Waals surface area contributed by atoms with Crippen LogP contribution in [0.15, 0.2) is 35.4 Å². The third-order valence-electron chi connectivity index (χ3n) is 6.01. The number of hydrogen-bond donors (Lipinski definition) is 3. The first-order chi connectivity index (χ1) is 15.5. The van der Waals surface area contributed by atoms with Gasteiger partial charge in [0.2, 0.25) is 0 Å². The fourth-order valence-electron chi connectivity index (χ4n) is 3.97. The standard InChI is InChI=1S/C21H24FN7O3/c1-23-18-9-17(25-14-4-3-5-28(21(14)31)12-6-11(22)7-12)27-19-13(10-24-29(18)19)20(30)26-15-8-16(15)32-2/h3-5,9-12,15-16,23H,6-8H2,1-2H3,(H,25,27)(H,26,30)/t11-,12-,15-,16-/m0/s1. The van der Waals surface area contributed by atoms with E-state index in [-0.39, 0.29) is 29.7 Å². The Morgan fingerprint density at radius 2 is 2.12 bits per heavy atom. The molecule has 3 N–H and O–H groups in total. The molecule has 32 heavy (non-hydrogen) atoms. The van der Waals surface area contributed by atoms with E-state index in [9.17, 15) is 14.0 Å². The van der Waals surface area contributed by atoms with Crippen molar-refractivity contribution in [2.24, 2.45) is 0 Å². The number of pyridine rings is 1. The van der Waals surface area contributed by atoms with E-state index in [1.165, 1.54) is 10.7 Å². The Morgan fingerprint density at radius 1 is 1.31 bits per heavy atom. The predicted molar refractivity (Wildman–Crippen MR) is 116 cm³/mol. The first kappa shape index (κ1) is 20.4. The van der Waals surface area contributed by atoms with E-state index < -0.39 is 6.17 Å². The third-order valence-corrected chi connectivity index (χ3v) is 6.01. The maximum atomic E-state index is 13.3. The molecule has 0 unspecified atom stereocenters. The van der Waals surface area contributed by atoms with E-state index in [0.717, 1.165) is 6.42 Å². The van der Waals surface area contributed by atoms with E-state index >= 15 is 0 Å². The summed E-state index contributed by atoms with van der Waals surface area (Å²) in [4.78, 5) is 30.2. The largest absolute Gasteiger partial charge is 0.379 e. The van der Waals surface area contributed by atoms with Crippen LogP contribution < -0.4 is 21.5 Å². The molecule has 2 saturated carbocycles. The number of methoxy groups -OCH3 is 1. The summed E-state index contributed by atoms with van der Waals surface area (Å²) < 4.78 is 21.6. The lowest BCUT2D eigenvalue weighted by atomic mass is 9.90. The summed E-state index contributed by atoms with van der Waals surface area (Å²) in [5, 5.41) is 13.3. The molecule has 3 aromatic heterocycles. The fraction of sp³-hybridized carbons (Fsp3) is 0.429. The Balaban J connectivity index is 1.45. The van der Waals surface area contributed by atoms with E-state index in [2.05, 4.69) is 26.0 Å². The van der Waals surface area contributed by atoms with Crippen molar-refractivity contribution in [2.75, 3.05) is 24.8 Å². The third kappa shape index (κ3) is 3.58. The molecule has 2 atom stereocenters. The highest BCUT2D eigenvalue weighted by Crippen LogP contribution is 2.33. The van der Waals surface area contributed by atoms with Crippen molar-refractivity contribution in [1.29, 1.82) is 0 Å². The average Bonchev–Trinajstić information content (AvgIpc) is 3.37. The van der Waals surface area contributed by atoms with Gasteiger partial charge >= 0.3 is 0 Å². The molecule has 0 spiro atoms. The smallest absolute Gasteiger partial charge is 0.274 e. The van der Waals surface area contributed by atoms with Crippen molar-refractivity contribution in [2.45, 2.75) is 43.6 Å². The first-order valence-corrected chi connectivity index (χ1v) is 10.5. The van der Waals surface area contributed by atoms with E-state index in [1.54, 1.807) is 43.1 Å². The minimum Gasteiger partial charge on any atom is -0.379 e. The van der Waals surface area contributed by atoms with E-state index in [4.69, 9.17) is 4.74 Å². The van der Waals surface area contributed by atoms with Crippen LogP contribution in [0, 0.1) is 0 Å². The van der Waals surface area contributed by atoms with Gasteiger partial charge in [0.05, 0.1) is 18.3 Å². The quantitative estimate of drug-likeness (QED) is 0.513. The average molecular weight is 441 g/mol. The number of nitrogens with one attached hydrogen (secondary N) is 3. The molecule has 3 heterocycles. The molecule has 11 heteroatoms. The first-order valence-electron chi connectivity index (χ1n) is 10.5. The number of halogens is 1. The second-order valence-corrected chi connectivity index (χ2v) is 8.14. The van der Waals surface area contributed by atoms with Gasteiger partial charge in [-0.25, -0.2) is 9.37 Å². The number of ether oxygens (including phenoxy) is 1.